The van der Waals surface area contributed by atoms with Gasteiger partial charge in [-0.25, -0.2) is 0 Å². The molecule has 0 spiro atoms. The molecule has 1 heteroatoms. The summed E-state index contributed by atoms with van der Waals surface area (Å²) in [5, 5.41) is 3.05. The molecule has 0 atom stereocenters. The molecular weight excluding hydrogens is 74.1 g/mol. The maximum Gasteiger partial charge on any atom is 0.0264 e. The minimum Gasteiger partial charge on any atom is -0.308 e. The van der Waals surface area contributed by atoms with Crippen molar-refractivity contribution in [3.8, 4) is 0 Å². The van der Waals surface area contributed by atoms with E-state index in [1.807, 2.05) is 6.54 Å². The lowest BCUT2D eigenvalue weighted by Crippen LogP contribution is -1.99. The molecule has 0 amide bonds. The molecule has 0 aromatic rings. The molecule has 6 heavy (non-hydrogen) atoms. The summed E-state index contributed by atoms with van der Waals surface area (Å²) in [6, 6.07) is 0. The molecule has 1 nitrogen and oxygen atoms in total. The van der Waals surface area contributed by atoms with Gasteiger partial charge >= 0.3 is 0 Å². The summed E-state index contributed by atoms with van der Waals surface area (Å²) < 4.78 is 0. The van der Waals surface area contributed by atoms with E-state index in [2.05, 4.69) is 11.9 Å². The second-order valence-corrected chi connectivity index (χ2v) is 1.54. The monoisotopic (exact) mass is 82.1 g/mol. The number of rotatable bonds is 0. The Balaban J connectivity index is 2.37. The molecule has 1 aliphatic rings. The summed E-state index contributed by atoms with van der Waals surface area (Å²) in [6.07, 6.45) is 1.06. The standard InChI is InChI=1S/C5H8N/c1-5-2-3-6-4-5/h3,6H,1-2,4H2. The summed E-state index contributed by atoms with van der Waals surface area (Å²) >= 11 is 0. The average molecular weight is 82.1 g/mol. The second kappa shape index (κ2) is 1.43. The fraction of sp³-hybridized carbons (Fsp3) is 0.400. The van der Waals surface area contributed by atoms with Crippen molar-refractivity contribution >= 4 is 0 Å². The molecule has 0 aromatic heterocycles. The van der Waals surface area contributed by atoms with Gasteiger partial charge in [-0.05, 0) is 6.42 Å². The third-order valence-corrected chi connectivity index (χ3v) is 0.887. The van der Waals surface area contributed by atoms with Crippen LogP contribution in [0.3, 0.4) is 0 Å². The Hall–Kier alpha value is -0.300. The highest BCUT2D eigenvalue weighted by molar-refractivity contribution is 5.06. The number of nitrogens with one attached hydrogen (secondary N) is 1. The molecule has 0 saturated carbocycles. The van der Waals surface area contributed by atoms with Gasteiger partial charge in [-0.1, -0.05) is 12.2 Å². The normalized spacial score (nSPS) is 22.3. The van der Waals surface area contributed by atoms with Crippen LogP contribution in [0.1, 0.15) is 6.42 Å². The van der Waals surface area contributed by atoms with E-state index in [0.29, 0.717) is 0 Å². The predicted octanol–water partition coefficient (Wildman–Crippen LogP) is 0.698. The van der Waals surface area contributed by atoms with Gasteiger partial charge < -0.3 is 5.32 Å². The van der Waals surface area contributed by atoms with Gasteiger partial charge in [-0.15, -0.1) is 0 Å². The minimum atomic E-state index is 0.986. The van der Waals surface area contributed by atoms with Crippen molar-refractivity contribution in [3.63, 3.8) is 0 Å². The molecule has 0 aromatic carbocycles. The first-order chi connectivity index (χ1) is 2.89. The molecule has 0 aliphatic carbocycles. The van der Waals surface area contributed by atoms with E-state index in [4.69, 9.17) is 0 Å². The van der Waals surface area contributed by atoms with Crippen molar-refractivity contribution in [2.24, 2.45) is 0 Å². The van der Waals surface area contributed by atoms with Crippen LogP contribution in [0.25, 0.3) is 0 Å². The first-order valence-corrected chi connectivity index (χ1v) is 2.11. The Morgan fingerprint density at radius 3 is 2.83 bits per heavy atom. The Morgan fingerprint density at radius 2 is 2.67 bits per heavy atom. The first-order valence-electron chi connectivity index (χ1n) is 2.11. The molecular formula is C5H8N. The van der Waals surface area contributed by atoms with Gasteiger partial charge in [-0.3, -0.25) is 0 Å². The van der Waals surface area contributed by atoms with E-state index in [0.717, 1.165) is 13.0 Å². The fourth-order valence-electron chi connectivity index (χ4n) is 0.505. The van der Waals surface area contributed by atoms with E-state index in [1.165, 1.54) is 5.57 Å². The molecule has 1 heterocycles. The van der Waals surface area contributed by atoms with Crippen LogP contribution in [0.2, 0.25) is 0 Å². The van der Waals surface area contributed by atoms with Crippen molar-refractivity contribution in [3.05, 3.63) is 18.7 Å². The highest BCUT2D eigenvalue weighted by atomic mass is 14.9. The minimum absolute atomic E-state index is 0.986. The summed E-state index contributed by atoms with van der Waals surface area (Å²) in [6.45, 7) is 6.78. The molecule has 33 valence electrons. The lowest BCUT2D eigenvalue weighted by atomic mass is 10.3. The largest absolute Gasteiger partial charge is 0.308 e. The van der Waals surface area contributed by atoms with E-state index in [1.54, 1.807) is 0 Å². The van der Waals surface area contributed by atoms with Crippen molar-refractivity contribution in [1.82, 2.24) is 5.32 Å². The van der Waals surface area contributed by atoms with Crippen molar-refractivity contribution < 1.29 is 0 Å². The second-order valence-electron chi connectivity index (χ2n) is 1.54. The quantitative estimate of drug-likeness (QED) is 0.424. The van der Waals surface area contributed by atoms with Crippen molar-refractivity contribution in [2.45, 2.75) is 6.42 Å². The molecule has 1 N–H and O–H groups in total. The van der Waals surface area contributed by atoms with Gasteiger partial charge in [0.1, 0.15) is 0 Å². The van der Waals surface area contributed by atoms with Gasteiger partial charge in [0.05, 0.1) is 0 Å². The van der Waals surface area contributed by atoms with Crippen LogP contribution in [0.4, 0.5) is 0 Å². The van der Waals surface area contributed by atoms with Gasteiger partial charge in [0.2, 0.25) is 0 Å². The smallest absolute Gasteiger partial charge is 0.0264 e. The van der Waals surface area contributed by atoms with E-state index >= 15 is 0 Å². The average Bonchev–Trinajstić information content (AvgIpc) is 1.86. The summed E-state index contributed by atoms with van der Waals surface area (Å²) in [4.78, 5) is 0. The summed E-state index contributed by atoms with van der Waals surface area (Å²) in [5.74, 6) is 0. The first kappa shape index (κ1) is 3.88. The van der Waals surface area contributed by atoms with Crippen LogP contribution in [0.5, 0.6) is 0 Å². The van der Waals surface area contributed by atoms with Crippen molar-refractivity contribution in [1.29, 1.82) is 0 Å². The molecule has 1 saturated heterocycles. The molecule has 0 unspecified atom stereocenters. The SMILES string of the molecule is C=C1C[CH]NC1. The highest BCUT2D eigenvalue weighted by Crippen LogP contribution is 2.03. The van der Waals surface area contributed by atoms with Gasteiger partial charge in [-0.2, -0.15) is 0 Å². The molecule has 1 aliphatic heterocycles. The number of hydrogen-bond acceptors (Lipinski definition) is 1. The zero-order valence-corrected chi connectivity index (χ0v) is 3.70. The zero-order valence-electron chi connectivity index (χ0n) is 3.70. The topological polar surface area (TPSA) is 12.0 Å². The van der Waals surface area contributed by atoms with E-state index < -0.39 is 0 Å². The van der Waals surface area contributed by atoms with Gasteiger partial charge in [0, 0.05) is 13.1 Å². The maximum absolute atomic E-state index is 3.76. The summed E-state index contributed by atoms with van der Waals surface area (Å²) in [7, 11) is 0. The van der Waals surface area contributed by atoms with Crippen LogP contribution in [-0.4, -0.2) is 6.54 Å². The molecule has 1 rings (SSSR count). The van der Waals surface area contributed by atoms with E-state index in [9.17, 15) is 0 Å². The third kappa shape index (κ3) is 0.601. The third-order valence-electron chi connectivity index (χ3n) is 0.887. The van der Waals surface area contributed by atoms with Crippen LogP contribution in [-0.2, 0) is 0 Å². The van der Waals surface area contributed by atoms with Crippen LogP contribution < -0.4 is 5.32 Å². The summed E-state index contributed by atoms with van der Waals surface area (Å²) in [5.41, 5.74) is 1.29. The van der Waals surface area contributed by atoms with Gasteiger partial charge in [0.15, 0.2) is 0 Å². The highest BCUT2D eigenvalue weighted by Gasteiger charge is 2.00. The van der Waals surface area contributed by atoms with Crippen LogP contribution in [0, 0.1) is 6.54 Å². The van der Waals surface area contributed by atoms with E-state index in [-0.39, 0.29) is 0 Å². The Morgan fingerprint density at radius 1 is 1.83 bits per heavy atom. The maximum atomic E-state index is 3.76. The fourth-order valence-corrected chi connectivity index (χ4v) is 0.505. The molecule has 0 bridgehead atoms. The number of hydrogen-bond donors (Lipinski definition) is 1. The lowest BCUT2D eigenvalue weighted by Gasteiger charge is -1.80. The molecule has 1 radical (unpaired) electrons. The van der Waals surface area contributed by atoms with Crippen LogP contribution >= 0.6 is 0 Å². The lowest BCUT2D eigenvalue weighted by molar-refractivity contribution is 0.969. The van der Waals surface area contributed by atoms with Crippen LogP contribution in [0.15, 0.2) is 12.2 Å². The van der Waals surface area contributed by atoms with Gasteiger partial charge in [0.25, 0.3) is 0 Å². The predicted molar refractivity (Wildman–Crippen MR) is 26.1 cm³/mol. The van der Waals surface area contributed by atoms with Crippen molar-refractivity contribution in [2.75, 3.05) is 6.54 Å². The molecule has 1 fully saturated rings. The Bertz CT molecular complexity index is 58.3. The zero-order chi connectivity index (χ0) is 4.41. The Kier molecular flexibility index (Phi) is 0.926. The Labute approximate surface area is 38.1 Å².